The number of halogens is 2. The molecule has 0 unspecified atom stereocenters. The molecule has 0 saturated carbocycles. The van der Waals surface area contributed by atoms with Gasteiger partial charge in [0.15, 0.2) is 0 Å². The summed E-state index contributed by atoms with van der Waals surface area (Å²) in [6.45, 7) is 0.309. The maximum Gasteiger partial charge on any atom is 0.274 e. The van der Waals surface area contributed by atoms with E-state index in [1.165, 1.54) is 27.0 Å². The average Bonchev–Trinajstić information content (AvgIpc) is 3.55. The van der Waals surface area contributed by atoms with Crippen LogP contribution in [0.4, 0.5) is 17.1 Å². The van der Waals surface area contributed by atoms with E-state index in [4.69, 9.17) is 16.9 Å². The lowest BCUT2D eigenvalue weighted by Gasteiger charge is -2.16. The SMILES string of the molecule is CN(CCC(=N)N)C(=O)c1cc(N(C)C(=O)c2cc(N(C)C(=O)c3cc(N)c[nH]3)c[nH]2)c[nH]1.Cl.Cl. The lowest BCUT2D eigenvalue weighted by Crippen LogP contribution is -2.30. The third-order valence-electron chi connectivity index (χ3n) is 5.18. The minimum Gasteiger partial charge on any atom is -0.397 e. The molecule has 35 heavy (non-hydrogen) atoms. The molecule has 0 aliphatic heterocycles. The number of nitrogens with one attached hydrogen (secondary N) is 4. The number of amides is 3. The second-order valence-corrected chi connectivity index (χ2v) is 7.62. The first kappa shape index (κ1) is 29.1. The van der Waals surface area contributed by atoms with Crippen LogP contribution < -0.4 is 21.3 Å². The van der Waals surface area contributed by atoms with Gasteiger partial charge in [-0.25, -0.2) is 0 Å². The number of H-pyrrole nitrogens is 3. The van der Waals surface area contributed by atoms with Crippen LogP contribution in [-0.2, 0) is 0 Å². The fourth-order valence-corrected chi connectivity index (χ4v) is 3.13. The number of aromatic nitrogens is 3. The van der Waals surface area contributed by atoms with Crippen LogP contribution in [0.1, 0.15) is 37.9 Å². The highest BCUT2D eigenvalue weighted by Gasteiger charge is 2.22. The number of anilines is 3. The Hall–Kier alpha value is -3.90. The number of nitrogens with two attached hydrogens (primary N) is 2. The van der Waals surface area contributed by atoms with Crippen LogP contribution in [-0.4, -0.2) is 71.1 Å². The van der Waals surface area contributed by atoms with Gasteiger partial charge >= 0.3 is 0 Å². The second kappa shape index (κ2) is 12.0. The van der Waals surface area contributed by atoms with Crippen molar-refractivity contribution >= 4 is 65.4 Å². The average molecular weight is 526 g/mol. The first-order valence-corrected chi connectivity index (χ1v) is 10.0. The van der Waals surface area contributed by atoms with E-state index in [9.17, 15) is 14.4 Å². The van der Waals surface area contributed by atoms with Crippen molar-refractivity contribution in [2.24, 2.45) is 5.73 Å². The highest BCUT2D eigenvalue weighted by atomic mass is 35.5. The van der Waals surface area contributed by atoms with Crippen LogP contribution >= 0.6 is 24.8 Å². The lowest BCUT2D eigenvalue weighted by molar-refractivity contribution is 0.0793. The molecule has 0 bridgehead atoms. The standard InChI is InChI=1S/C21H27N9O3.2ClH/c1-28(5-4-18(23)24)19(31)16-7-13(10-26-16)30(3)21(33)17-8-14(11-27-17)29(2)20(32)15-6-12(22)9-25-15;;/h6-11,25-27H,4-5,22H2,1-3H3,(H3,23,24);2*1H. The highest BCUT2D eigenvalue weighted by Crippen LogP contribution is 2.21. The van der Waals surface area contributed by atoms with Crippen molar-refractivity contribution in [2.45, 2.75) is 6.42 Å². The number of carbonyl (C=O) groups excluding carboxylic acids is 3. The number of hydrogen-bond acceptors (Lipinski definition) is 5. The first-order valence-electron chi connectivity index (χ1n) is 10.0. The van der Waals surface area contributed by atoms with Crippen molar-refractivity contribution in [3.8, 4) is 0 Å². The fraction of sp³-hybridized carbons (Fsp3) is 0.238. The van der Waals surface area contributed by atoms with Gasteiger partial charge in [-0.3, -0.25) is 19.8 Å². The Bertz CT molecular complexity index is 1200. The molecule has 0 atom stereocenters. The van der Waals surface area contributed by atoms with Crippen molar-refractivity contribution in [3.63, 3.8) is 0 Å². The number of aromatic amines is 3. The Labute approximate surface area is 214 Å². The summed E-state index contributed by atoms with van der Waals surface area (Å²) in [5.74, 6) is -0.938. The number of carbonyl (C=O) groups is 3. The Morgan fingerprint density at radius 1 is 0.800 bits per heavy atom. The van der Waals surface area contributed by atoms with Gasteiger partial charge in [0, 0.05) is 58.4 Å². The minimum absolute atomic E-state index is 0. The van der Waals surface area contributed by atoms with Gasteiger partial charge in [0.25, 0.3) is 17.7 Å². The molecule has 190 valence electrons. The summed E-state index contributed by atoms with van der Waals surface area (Å²) in [5, 5.41) is 7.28. The van der Waals surface area contributed by atoms with Gasteiger partial charge in [-0.2, -0.15) is 0 Å². The molecule has 8 N–H and O–H groups in total. The van der Waals surface area contributed by atoms with Gasteiger partial charge in [-0.1, -0.05) is 0 Å². The van der Waals surface area contributed by atoms with Crippen molar-refractivity contribution in [1.82, 2.24) is 19.9 Å². The number of rotatable bonds is 8. The molecule has 0 aliphatic carbocycles. The van der Waals surface area contributed by atoms with Crippen LogP contribution in [0.2, 0.25) is 0 Å². The first-order chi connectivity index (χ1) is 15.6. The molecule has 3 rings (SSSR count). The van der Waals surface area contributed by atoms with E-state index in [0.29, 0.717) is 35.0 Å². The van der Waals surface area contributed by atoms with Crippen molar-refractivity contribution in [2.75, 3.05) is 43.2 Å². The van der Waals surface area contributed by atoms with E-state index < -0.39 is 0 Å². The van der Waals surface area contributed by atoms with Gasteiger partial charge in [0.2, 0.25) is 0 Å². The molecule has 3 aromatic rings. The third kappa shape index (κ3) is 6.58. The highest BCUT2D eigenvalue weighted by molar-refractivity contribution is 6.08. The van der Waals surface area contributed by atoms with Crippen molar-refractivity contribution < 1.29 is 14.4 Å². The van der Waals surface area contributed by atoms with E-state index >= 15 is 0 Å². The van der Waals surface area contributed by atoms with Crippen LogP contribution in [0.25, 0.3) is 0 Å². The predicted molar refractivity (Wildman–Crippen MR) is 140 cm³/mol. The summed E-state index contributed by atoms with van der Waals surface area (Å²) in [4.78, 5) is 50.8. The zero-order valence-corrected chi connectivity index (χ0v) is 21.0. The van der Waals surface area contributed by atoms with Crippen LogP contribution in [0.5, 0.6) is 0 Å². The van der Waals surface area contributed by atoms with Gasteiger partial charge < -0.3 is 41.1 Å². The monoisotopic (exact) mass is 525 g/mol. The summed E-state index contributed by atoms with van der Waals surface area (Å²) >= 11 is 0. The smallest absolute Gasteiger partial charge is 0.274 e. The quantitative estimate of drug-likeness (QED) is 0.194. The van der Waals surface area contributed by atoms with E-state index in [1.54, 1.807) is 45.7 Å². The van der Waals surface area contributed by atoms with Gasteiger partial charge in [0.1, 0.15) is 17.1 Å². The summed E-state index contributed by atoms with van der Waals surface area (Å²) in [5.41, 5.74) is 13.3. The molecule has 0 aromatic carbocycles. The van der Waals surface area contributed by atoms with Gasteiger partial charge in [0.05, 0.1) is 17.2 Å². The Kier molecular flexibility index (Phi) is 9.98. The van der Waals surface area contributed by atoms with Crippen LogP contribution in [0, 0.1) is 5.41 Å². The Morgan fingerprint density at radius 3 is 1.66 bits per heavy atom. The second-order valence-electron chi connectivity index (χ2n) is 7.62. The topological polar surface area (TPSA) is 184 Å². The number of hydrogen-bond donors (Lipinski definition) is 6. The molecule has 14 heteroatoms. The zero-order valence-electron chi connectivity index (χ0n) is 19.4. The zero-order chi connectivity index (χ0) is 24.3. The molecule has 0 fully saturated rings. The molecule has 0 radical (unpaired) electrons. The summed E-state index contributed by atoms with van der Waals surface area (Å²) in [7, 11) is 4.78. The Balaban J connectivity index is 0.00000306. The molecule has 3 amide bonds. The van der Waals surface area contributed by atoms with Crippen LogP contribution in [0.3, 0.4) is 0 Å². The number of amidine groups is 1. The van der Waals surface area contributed by atoms with E-state index in [1.807, 2.05) is 0 Å². The molecule has 3 aromatic heterocycles. The summed E-state index contributed by atoms with van der Waals surface area (Å²) in [6, 6.07) is 4.67. The van der Waals surface area contributed by atoms with E-state index in [0.717, 1.165) is 0 Å². The number of nitrogens with zero attached hydrogens (tertiary/aromatic N) is 3. The Morgan fingerprint density at radius 2 is 1.23 bits per heavy atom. The molecular weight excluding hydrogens is 497 g/mol. The normalized spacial score (nSPS) is 10.0. The molecular formula is C21H29Cl2N9O3. The predicted octanol–water partition coefficient (Wildman–Crippen LogP) is 2.05. The van der Waals surface area contributed by atoms with E-state index in [2.05, 4.69) is 15.0 Å². The molecule has 3 heterocycles. The van der Waals surface area contributed by atoms with Crippen molar-refractivity contribution in [3.05, 3.63) is 53.9 Å². The van der Waals surface area contributed by atoms with Gasteiger partial charge in [-0.15, -0.1) is 24.8 Å². The molecule has 0 saturated heterocycles. The minimum atomic E-state index is -0.353. The van der Waals surface area contributed by atoms with E-state index in [-0.39, 0.29) is 60.5 Å². The van der Waals surface area contributed by atoms with Gasteiger partial charge in [-0.05, 0) is 18.2 Å². The summed E-state index contributed by atoms with van der Waals surface area (Å²) < 4.78 is 0. The lowest BCUT2D eigenvalue weighted by atomic mass is 10.3. The van der Waals surface area contributed by atoms with Crippen LogP contribution in [0.15, 0.2) is 36.8 Å². The maximum atomic E-state index is 12.9. The molecule has 0 aliphatic rings. The largest absolute Gasteiger partial charge is 0.397 e. The maximum absolute atomic E-state index is 12.9. The summed E-state index contributed by atoms with van der Waals surface area (Å²) in [6.07, 6.45) is 4.91. The molecule has 0 spiro atoms. The van der Waals surface area contributed by atoms with Crippen molar-refractivity contribution in [1.29, 1.82) is 5.41 Å². The third-order valence-corrected chi connectivity index (χ3v) is 5.18. The fourth-order valence-electron chi connectivity index (χ4n) is 3.13. The number of nitrogen functional groups attached to an aromatic ring is 1. The molecule has 12 nitrogen and oxygen atoms in total.